The molecule has 16 heavy (non-hydrogen) atoms. The monoisotopic (exact) mass is 214 g/mol. The molecule has 0 fully saturated rings. The van der Waals surface area contributed by atoms with E-state index in [1.165, 1.54) is 5.56 Å². The van der Waals surface area contributed by atoms with Gasteiger partial charge in [-0.15, -0.1) is 0 Å². The van der Waals surface area contributed by atoms with Crippen LogP contribution in [0.1, 0.15) is 11.4 Å². The highest BCUT2D eigenvalue weighted by Gasteiger charge is 1.95. The Hall–Kier alpha value is -1.97. The van der Waals surface area contributed by atoms with Gasteiger partial charge in [-0.05, 0) is 31.0 Å². The summed E-state index contributed by atoms with van der Waals surface area (Å²) < 4.78 is 0. The Labute approximate surface area is 94.8 Å². The molecule has 0 aliphatic carbocycles. The average Bonchev–Trinajstić information content (AvgIpc) is 2.30. The van der Waals surface area contributed by atoms with E-state index in [4.69, 9.17) is 0 Å². The standard InChI is InChI=1S/C12H14N4/c1-10-14-8-5-12(16-10)15-7-4-11-3-2-6-13-9-11/h2-3,5-6,8-9H,4,7H2,1H3,(H,14,15,16). The predicted octanol–water partition coefficient (Wildman–Crippen LogP) is 1.83. The molecule has 2 rings (SSSR count). The lowest BCUT2D eigenvalue weighted by Crippen LogP contribution is -2.07. The van der Waals surface area contributed by atoms with E-state index in [1.807, 2.05) is 25.3 Å². The van der Waals surface area contributed by atoms with Gasteiger partial charge in [0.15, 0.2) is 0 Å². The lowest BCUT2D eigenvalue weighted by atomic mass is 10.2. The average molecular weight is 214 g/mol. The van der Waals surface area contributed by atoms with Crippen molar-refractivity contribution >= 4 is 5.82 Å². The second-order valence-corrected chi connectivity index (χ2v) is 3.53. The minimum absolute atomic E-state index is 0.784. The molecule has 0 aliphatic rings. The molecule has 82 valence electrons. The summed E-state index contributed by atoms with van der Waals surface area (Å²) in [6.07, 6.45) is 6.36. The zero-order valence-corrected chi connectivity index (χ0v) is 9.22. The number of aromatic nitrogens is 3. The van der Waals surface area contributed by atoms with Crippen LogP contribution in [0.2, 0.25) is 0 Å². The summed E-state index contributed by atoms with van der Waals surface area (Å²) in [7, 11) is 0. The maximum absolute atomic E-state index is 4.27. The number of anilines is 1. The van der Waals surface area contributed by atoms with Crippen molar-refractivity contribution in [2.75, 3.05) is 11.9 Å². The molecule has 1 N–H and O–H groups in total. The van der Waals surface area contributed by atoms with Gasteiger partial charge in [0.05, 0.1) is 0 Å². The van der Waals surface area contributed by atoms with Gasteiger partial charge < -0.3 is 5.32 Å². The number of hydrogen-bond acceptors (Lipinski definition) is 4. The number of pyridine rings is 1. The van der Waals surface area contributed by atoms with Gasteiger partial charge in [0.2, 0.25) is 0 Å². The van der Waals surface area contributed by atoms with E-state index in [1.54, 1.807) is 12.4 Å². The van der Waals surface area contributed by atoms with Crippen LogP contribution >= 0.6 is 0 Å². The van der Waals surface area contributed by atoms with Gasteiger partial charge in [-0.25, -0.2) is 9.97 Å². The minimum atomic E-state index is 0.784. The van der Waals surface area contributed by atoms with Crippen LogP contribution in [0, 0.1) is 6.92 Å². The fourth-order valence-corrected chi connectivity index (χ4v) is 1.44. The zero-order valence-electron chi connectivity index (χ0n) is 9.22. The third-order valence-electron chi connectivity index (χ3n) is 2.22. The highest BCUT2D eigenvalue weighted by molar-refractivity contribution is 5.32. The van der Waals surface area contributed by atoms with Crippen LogP contribution in [0.4, 0.5) is 5.82 Å². The van der Waals surface area contributed by atoms with Gasteiger partial charge in [-0.2, -0.15) is 0 Å². The Morgan fingerprint density at radius 1 is 1.25 bits per heavy atom. The Morgan fingerprint density at radius 2 is 2.19 bits per heavy atom. The highest BCUT2D eigenvalue weighted by atomic mass is 15.0. The molecular weight excluding hydrogens is 200 g/mol. The zero-order chi connectivity index (χ0) is 11.2. The lowest BCUT2D eigenvalue weighted by molar-refractivity contribution is 0.973. The molecule has 0 saturated carbocycles. The molecule has 0 aromatic carbocycles. The summed E-state index contributed by atoms with van der Waals surface area (Å²) >= 11 is 0. The van der Waals surface area contributed by atoms with Crippen molar-refractivity contribution < 1.29 is 0 Å². The fourth-order valence-electron chi connectivity index (χ4n) is 1.44. The van der Waals surface area contributed by atoms with Crippen molar-refractivity contribution in [3.8, 4) is 0 Å². The third kappa shape index (κ3) is 3.02. The largest absolute Gasteiger partial charge is 0.370 e. The first-order valence-electron chi connectivity index (χ1n) is 5.27. The van der Waals surface area contributed by atoms with Crippen molar-refractivity contribution in [1.29, 1.82) is 0 Å². The smallest absolute Gasteiger partial charge is 0.129 e. The molecule has 0 atom stereocenters. The van der Waals surface area contributed by atoms with Crippen LogP contribution < -0.4 is 5.32 Å². The molecule has 0 unspecified atom stereocenters. The van der Waals surface area contributed by atoms with Gasteiger partial charge in [-0.3, -0.25) is 4.98 Å². The van der Waals surface area contributed by atoms with Crippen LogP contribution in [0.5, 0.6) is 0 Å². The van der Waals surface area contributed by atoms with Gasteiger partial charge in [0, 0.05) is 25.1 Å². The van der Waals surface area contributed by atoms with Crippen molar-refractivity contribution in [3.63, 3.8) is 0 Å². The van der Waals surface area contributed by atoms with Crippen molar-refractivity contribution in [2.24, 2.45) is 0 Å². The van der Waals surface area contributed by atoms with E-state index in [0.717, 1.165) is 24.6 Å². The molecule has 4 heteroatoms. The first-order valence-corrected chi connectivity index (χ1v) is 5.27. The molecule has 2 heterocycles. The van der Waals surface area contributed by atoms with Gasteiger partial charge in [0.1, 0.15) is 11.6 Å². The van der Waals surface area contributed by atoms with Gasteiger partial charge >= 0.3 is 0 Å². The molecule has 0 radical (unpaired) electrons. The van der Waals surface area contributed by atoms with E-state index in [9.17, 15) is 0 Å². The SMILES string of the molecule is Cc1nccc(NCCc2cccnc2)n1. The van der Waals surface area contributed by atoms with Crippen molar-refractivity contribution in [2.45, 2.75) is 13.3 Å². The third-order valence-corrected chi connectivity index (χ3v) is 2.22. The van der Waals surface area contributed by atoms with E-state index < -0.39 is 0 Å². The quantitative estimate of drug-likeness (QED) is 0.843. The summed E-state index contributed by atoms with van der Waals surface area (Å²) in [5.74, 6) is 1.66. The summed E-state index contributed by atoms with van der Waals surface area (Å²) in [6.45, 7) is 2.73. The Balaban J connectivity index is 1.85. The van der Waals surface area contributed by atoms with Crippen LogP contribution in [-0.4, -0.2) is 21.5 Å². The predicted molar refractivity (Wildman–Crippen MR) is 63.2 cm³/mol. The molecule has 0 amide bonds. The lowest BCUT2D eigenvalue weighted by Gasteiger charge is -2.05. The van der Waals surface area contributed by atoms with Crippen molar-refractivity contribution in [1.82, 2.24) is 15.0 Å². The Morgan fingerprint density at radius 3 is 2.94 bits per heavy atom. The van der Waals surface area contributed by atoms with E-state index in [-0.39, 0.29) is 0 Å². The van der Waals surface area contributed by atoms with E-state index in [0.29, 0.717) is 0 Å². The number of rotatable bonds is 4. The summed E-state index contributed by atoms with van der Waals surface area (Å²) in [5.41, 5.74) is 1.22. The summed E-state index contributed by atoms with van der Waals surface area (Å²) in [5, 5.41) is 3.26. The molecule has 0 saturated heterocycles. The molecule has 4 nitrogen and oxygen atoms in total. The van der Waals surface area contributed by atoms with Gasteiger partial charge in [0.25, 0.3) is 0 Å². The van der Waals surface area contributed by atoms with Crippen molar-refractivity contribution in [3.05, 3.63) is 48.2 Å². The number of hydrogen-bond donors (Lipinski definition) is 1. The molecule has 0 spiro atoms. The molecule has 0 bridgehead atoms. The number of nitrogens with zero attached hydrogens (tertiary/aromatic N) is 3. The fraction of sp³-hybridized carbons (Fsp3) is 0.250. The van der Waals surface area contributed by atoms with E-state index in [2.05, 4.69) is 26.3 Å². The normalized spacial score (nSPS) is 10.1. The van der Waals surface area contributed by atoms with Crippen LogP contribution in [0.15, 0.2) is 36.8 Å². The summed E-state index contributed by atoms with van der Waals surface area (Å²) in [4.78, 5) is 12.4. The molecule has 2 aromatic rings. The molecular formula is C12H14N4. The van der Waals surface area contributed by atoms with Crippen LogP contribution in [0.3, 0.4) is 0 Å². The maximum atomic E-state index is 4.27. The number of aryl methyl sites for hydroxylation is 1. The Bertz CT molecular complexity index is 442. The minimum Gasteiger partial charge on any atom is -0.370 e. The topological polar surface area (TPSA) is 50.7 Å². The first kappa shape index (κ1) is 10.5. The maximum Gasteiger partial charge on any atom is 0.129 e. The van der Waals surface area contributed by atoms with E-state index >= 15 is 0 Å². The number of nitrogens with one attached hydrogen (secondary N) is 1. The van der Waals surface area contributed by atoms with Gasteiger partial charge in [-0.1, -0.05) is 6.07 Å². The first-order chi connectivity index (χ1) is 7.84. The second kappa shape index (κ2) is 5.21. The molecule has 2 aromatic heterocycles. The molecule has 0 aliphatic heterocycles. The van der Waals surface area contributed by atoms with Crippen LogP contribution in [-0.2, 0) is 6.42 Å². The van der Waals surface area contributed by atoms with Crippen LogP contribution in [0.25, 0.3) is 0 Å². The highest BCUT2D eigenvalue weighted by Crippen LogP contribution is 2.02. The Kier molecular flexibility index (Phi) is 3.43. The summed E-state index contributed by atoms with van der Waals surface area (Å²) in [6, 6.07) is 5.89. The second-order valence-electron chi connectivity index (χ2n) is 3.53.